The zero-order valence-electron chi connectivity index (χ0n) is 10.9. The quantitative estimate of drug-likeness (QED) is 0.901. The third-order valence-corrected chi connectivity index (χ3v) is 4.37. The van der Waals surface area contributed by atoms with Crippen LogP contribution in [0.1, 0.15) is 63.8 Å². The van der Waals surface area contributed by atoms with Crippen molar-refractivity contribution in [2.45, 2.75) is 63.7 Å². The van der Waals surface area contributed by atoms with Gasteiger partial charge in [0.05, 0.1) is 22.0 Å². The summed E-state index contributed by atoms with van der Waals surface area (Å²) in [6.07, 6.45) is 5.21. The third kappa shape index (κ3) is 2.49. The number of aliphatic hydroxyl groups excluding tert-OH is 1. The molecule has 0 saturated heterocycles. The molecule has 18 heavy (non-hydrogen) atoms. The fourth-order valence-corrected chi connectivity index (χ4v) is 3.20. The van der Waals surface area contributed by atoms with E-state index in [4.69, 9.17) is 0 Å². The Labute approximate surface area is 116 Å². The van der Waals surface area contributed by atoms with Gasteiger partial charge in [-0.2, -0.15) is 5.10 Å². The van der Waals surface area contributed by atoms with Crippen LogP contribution < -0.4 is 0 Å². The Hall–Kier alpha value is -0.390. The Kier molecular flexibility index (Phi) is 4.14. The lowest BCUT2D eigenvalue weighted by Gasteiger charge is -2.36. The molecule has 1 heterocycles. The maximum Gasteiger partial charge on any atom is 0.125 e. The van der Waals surface area contributed by atoms with Crippen LogP contribution in [0.5, 0.6) is 0 Å². The molecular formula is C13H21BrN2O2. The van der Waals surface area contributed by atoms with E-state index in [0.29, 0.717) is 18.5 Å². The minimum absolute atomic E-state index is 0.160. The average Bonchev–Trinajstić information content (AvgIpc) is 2.71. The highest BCUT2D eigenvalue weighted by Gasteiger charge is 2.40. The molecule has 1 unspecified atom stereocenters. The largest absolute Gasteiger partial charge is 0.387 e. The summed E-state index contributed by atoms with van der Waals surface area (Å²) in [4.78, 5) is 0. The van der Waals surface area contributed by atoms with Crippen molar-refractivity contribution in [1.29, 1.82) is 0 Å². The highest BCUT2D eigenvalue weighted by molar-refractivity contribution is 9.10. The summed E-state index contributed by atoms with van der Waals surface area (Å²) >= 11 is 3.42. The second-order valence-corrected chi connectivity index (χ2v) is 6.34. The molecule has 4 nitrogen and oxygen atoms in total. The monoisotopic (exact) mass is 316 g/mol. The number of rotatable bonds is 3. The van der Waals surface area contributed by atoms with Gasteiger partial charge in [-0.05, 0) is 42.6 Å². The molecule has 2 N–H and O–H groups in total. The second-order valence-electron chi connectivity index (χ2n) is 5.48. The smallest absolute Gasteiger partial charge is 0.125 e. The zero-order valence-corrected chi connectivity index (χ0v) is 12.5. The van der Waals surface area contributed by atoms with E-state index in [-0.39, 0.29) is 6.04 Å². The highest BCUT2D eigenvalue weighted by Crippen LogP contribution is 2.40. The van der Waals surface area contributed by atoms with Crippen molar-refractivity contribution >= 4 is 15.9 Å². The molecule has 0 aromatic carbocycles. The minimum atomic E-state index is -1.01. The molecule has 0 radical (unpaired) electrons. The van der Waals surface area contributed by atoms with Crippen LogP contribution in [-0.4, -0.2) is 25.6 Å². The standard InChI is InChI=1S/C13H21BrN2O2/c1-9(2)16-11(10(14)8-15-16)12(17)13(18)6-4-3-5-7-13/h8-9,12,17-18H,3-7H2,1-2H3. The van der Waals surface area contributed by atoms with Gasteiger partial charge in [-0.1, -0.05) is 19.3 Å². The molecule has 0 bridgehead atoms. The van der Waals surface area contributed by atoms with Crippen LogP contribution in [0.25, 0.3) is 0 Å². The van der Waals surface area contributed by atoms with Crippen LogP contribution in [0.3, 0.4) is 0 Å². The van der Waals surface area contributed by atoms with Gasteiger partial charge in [0.15, 0.2) is 0 Å². The summed E-state index contributed by atoms with van der Waals surface area (Å²) in [5.41, 5.74) is -0.317. The van der Waals surface area contributed by atoms with Crippen molar-refractivity contribution in [1.82, 2.24) is 9.78 Å². The fraction of sp³-hybridized carbons (Fsp3) is 0.769. The number of aromatic nitrogens is 2. The number of nitrogens with zero attached hydrogens (tertiary/aromatic N) is 2. The molecule has 0 aliphatic heterocycles. The predicted molar refractivity (Wildman–Crippen MR) is 73.3 cm³/mol. The van der Waals surface area contributed by atoms with Crippen LogP contribution in [-0.2, 0) is 0 Å². The Morgan fingerprint density at radius 3 is 2.50 bits per heavy atom. The van der Waals surface area contributed by atoms with E-state index in [1.54, 1.807) is 10.9 Å². The topological polar surface area (TPSA) is 58.3 Å². The van der Waals surface area contributed by atoms with Crippen LogP contribution in [0, 0.1) is 0 Å². The number of hydrogen-bond donors (Lipinski definition) is 2. The van der Waals surface area contributed by atoms with E-state index in [1.807, 2.05) is 13.8 Å². The number of aliphatic hydroxyl groups is 2. The van der Waals surface area contributed by atoms with Crippen molar-refractivity contribution < 1.29 is 10.2 Å². The molecule has 2 rings (SSSR count). The molecule has 0 amide bonds. The van der Waals surface area contributed by atoms with Crippen LogP contribution in [0.4, 0.5) is 0 Å². The predicted octanol–water partition coefficient (Wildman–Crippen LogP) is 2.96. The first kappa shape index (κ1) is 14.0. The molecule has 1 aromatic heterocycles. The summed E-state index contributed by atoms with van der Waals surface area (Å²) in [5, 5.41) is 25.5. The van der Waals surface area contributed by atoms with Gasteiger partial charge in [0, 0.05) is 6.04 Å². The normalized spacial score (nSPS) is 21.2. The maximum atomic E-state index is 10.6. The molecular weight excluding hydrogens is 296 g/mol. The van der Waals surface area contributed by atoms with Gasteiger partial charge in [-0.25, -0.2) is 0 Å². The first-order valence-corrected chi connectivity index (χ1v) is 7.38. The Bertz CT molecular complexity index is 411. The molecule has 1 aliphatic carbocycles. The molecule has 0 spiro atoms. The molecule has 5 heteroatoms. The van der Waals surface area contributed by atoms with E-state index in [1.165, 1.54) is 0 Å². The van der Waals surface area contributed by atoms with E-state index < -0.39 is 11.7 Å². The van der Waals surface area contributed by atoms with Gasteiger partial charge in [-0.3, -0.25) is 4.68 Å². The zero-order chi connectivity index (χ0) is 13.3. The first-order valence-electron chi connectivity index (χ1n) is 6.59. The molecule has 1 aliphatic rings. The van der Waals surface area contributed by atoms with Gasteiger partial charge in [0.1, 0.15) is 6.10 Å². The average molecular weight is 317 g/mol. The lowest BCUT2D eigenvalue weighted by molar-refractivity contribution is -0.103. The highest BCUT2D eigenvalue weighted by atomic mass is 79.9. The molecule has 1 atom stereocenters. The van der Waals surface area contributed by atoms with Gasteiger partial charge in [0.25, 0.3) is 0 Å². The Morgan fingerprint density at radius 2 is 1.94 bits per heavy atom. The summed E-state index contributed by atoms with van der Waals surface area (Å²) in [7, 11) is 0. The van der Waals surface area contributed by atoms with Gasteiger partial charge in [0.2, 0.25) is 0 Å². The second kappa shape index (κ2) is 5.31. The molecule has 102 valence electrons. The van der Waals surface area contributed by atoms with Gasteiger partial charge >= 0.3 is 0 Å². The van der Waals surface area contributed by atoms with Crippen LogP contribution in [0.15, 0.2) is 10.7 Å². The van der Waals surface area contributed by atoms with Crippen molar-refractivity contribution in [2.75, 3.05) is 0 Å². The first-order chi connectivity index (χ1) is 8.46. The van der Waals surface area contributed by atoms with Crippen molar-refractivity contribution in [3.8, 4) is 0 Å². The fourth-order valence-electron chi connectivity index (χ4n) is 2.71. The van der Waals surface area contributed by atoms with Gasteiger partial charge in [-0.15, -0.1) is 0 Å². The summed E-state index contributed by atoms with van der Waals surface area (Å²) in [5.74, 6) is 0. The van der Waals surface area contributed by atoms with E-state index >= 15 is 0 Å². The van der Waals surface area contributed by atoms with E-state index in [0.717, 1.165) is 23.7 Å². The van der Waals surface area contributed by atoms with E-state index in [2.05, 4.69) is 21.0 Å². The SMILES string of the molecule is CC(C)n1ncc(Br)c1C(O)C1(O)CCCCC1. The maximum absolute atomic E-state index is 10.6. The van der Waals surface area contributed by atoms with Crippen molar-refractivity contribution in [3.63, 3.8) is 0 Å². The summed E-state index contributed by atoms with van der Waals surface area (Å²) in [6, 6.07) is 0.160. The third-order valence-electron chi connectivity index (χ3n) is 3.76. The lowest BCUT2D eigenvalue weighted by atomic mass is 9.79. The van der Waals surface area contributed by atoms with Crippen molar-refractivity contribution in [3.05, 3.63) is 16.4 Å². The summed E-state index contributed by atoms with van der Waals surface area (Å²) < 4.78 is 2.55. The molecule has 1 fully saturated rings. The summed E-state index contributed by atoms with van der Waals surface area (Å²) in [6.45, 7) is 4.03. The molecule has 1 aromatic rings. The van der Waals surface area contributed by atoms with Crippen LogP contribution in [0.2, 0.25) is 0 Å². The number of hydrogen-bond acceptors (Lipinski definition) is 3. The number of halogens is 1. The van der Waals surface area contributed by atoms with Gasteiger partial charge < -0.3 is 10.2 Å². The van der Waals surface area contributed by atoms with Crippen LogP contribution >= 0.6 is 15.9 Å². The minimum Gasteiger partial charge on any atom is -0.387 e. The Morgan fingerprint density at radius 1 is 1.33 bits per heavy atom. The Balaban J connectivity index is 2.32. The van der Waals surface area contributed by atoms with Crippen molar-refractivity contribution in [2.24, 2.45) is 0 Å². The lowest BCUT2D eigenvalue weighted by Crippen LogP contribution is -2.39. The molecule has 1 saturated carbocycles. The van der Waals surface area contributed by atoms with E-state index in [9.17, 15) is 10.2 Å².